The fourth-order valence-corrected chi connectivity index (χ4v) is 1.66. The molecule has 1 aromatic heterocycles. The minimum atomic E-state index is -0.217. The summed E-state index contributed by atoms with van der Waals surface area (Å²) in [6.45, 7) is 3.87. The molecule has 5 nitrogen and oxygen atoms in total. The summed E-state index contributed by atoms with van der Waals surface area (Å²) in [6, 6.07) is 3.90. The van der Waals surface area contributed by atoms with Gasteiger partial charge in [0.15, 0.2) is 0 Å². The highest BCUT2D eigenvalue weighted by Gasteiger charge is 2.12. The Morgan fingerprint density at radius 2 is 2.17 bits per heavy atom. The maximum atomic E-state index is 11.2. The Kier molecular flexibility index (Phi) is 6.14. The van der Waals surface area contributed by atoms with Gasteiger partial charge in [-0.2, -0.15) is 0 Å². The van der Waals surface area contributed by atoms with E-state index in [4.69, 9.17) is 4.74 Å². The third kappa shape index (κ3) is 4.33. The van der Waals surface area contributed by atoms with Gasteiger partial charge in [-0.3, -0.25) is 4.79 Å². The number of nitrogens with zero attached hydrogens (tertiary/aromatic N) is 2. The normalized spacial score (nSPS) is 10.2. The molecule has 0 spiro atoms. The molecular formula is C13H20N2O3. The van der Waals surface area contributed by atoms with Gasteiger partial charge in [0.25, 0.3) is 0 Å². The van der Waals surface area contributed by atoms with Crippen molar-refractivity contribution in [1.82, 2.24) is 4.98 Å². The minimum Gasteiger partial charge on any atom is -0.469 e. The minimum absolute atomic E-state index is 0.217. The molecule has 1 heterocycles. The van der Waals surface area contributed by atoms with Crippen molar-refractivity contribution in [2.45, 2.75) is 13.3 Å². The predicted molar refractivity (Wildman–Crippen MR) is 69.7 cm³/mol. The van der Waals surface area contributed by atoms with Crippen LogP contribution in [0.15, 0.2) is 18.3 Å². The number of methoxy groups -OCH3 is 2. The Morgan fingerprint density at radius 3 is 2.78 bits per heavy atom. The second kappa shape index (κ2) is 7.66. The van der Waals surface area contributed by atoms with Gasteiger partial charge in [0.2, 0.25) is 0 Å². The molecule has 0 aromatic carbocycles. The molecule has 100 valence electrons. The van der Waals surface area contributed by atoms with Crippen molar-refractivity contribution in [2.75, 3.05) is 38.8 Å². The molecule has 0 unspecified atom stereocenters. The quantitative estimate of drug-likeness (QED) is 0.687. The average Bonchev–Trinajstić information content (AvgIpc) is 2.39. The smallest absolute Gasteiger partial charge is 0.307 e. The van der Waals surface area contributed by atoms with Crippen molar-refractivity contribution in [1.29, 1.82) is 0 Å². The highest BCUT2D eigenvalue weighted by atomic mass is 16.5. The molecule has 0 aliphatic heterocycles. The first-order valence-electron chi connectivity index (χ1n) is 5.91. The molecule has 0 N–H and O–H groups in total. The lowest BCUT2D eigenvalue weighted by Gasteiger charge is -2.24. The first-order valence-corrected chi connectivity index (χ1v) is 5.91. The molecule has 1 rings (SSSR count). The summed E-state index contributed by atoms with van der Waals surface area (Å²) in [5.74, 6) is 0.671. The van der Waals surface area contributed by atoms with Crippen molar-refractivity contribution in [2.24, 2.45) is 0 Å². The first kappa shape index (κ1) is 14.4. The fraction of sp³-hybridized carbons (Fsp3) is 0.538. The van der Waals surface area contributed by atoms with Gasteiger partial charge in [-0.15, -0.1) is 0 Å². The number of carbonyl (C=O) groups is 1. The lowest BCUT2D eigenvalue weighted by atomic mass is 10.2. The van der Waals surface area contributed by atoms with E-state index in [1.165, 1.54) is 7.11 Å². The predicted octanol–water partition coefficient (Wildman–Crippen LogP) is 1.41. The van der Waals surface area contributed by atoms with Crippen LogP contribution in [-0.4, -0.2) is 44.9 Å². The van der Waals surface area contributed by atoms with Crippen LogP contribution >= 0.6 is 0 Å². The largest absolute Gasteiger partial charge is 0.469 e. The van der Waals surface area contributed by atoms with Crippen LogP contribution in [-0.2, 0) is 14.3 Å². The van der Waals surface area contributed by atoms with Gasteiger partial charge in [-0.1, -0.05) is 6.07 Å². The van der Waals surface area contributed by atoms with E-state index in [0.717, 1.165) is 11.4 Å². The summed E-state index contributed by atoms with van der Waals surface area (Å²) in [4.78, 5) is 17.6. The topological polar surface area (TPSA) is 51.7 Å². The standard InChI is InChI=1S/C13H20N2O3/c1-11-5-4-7-14-13(11)15(9-10-17-2)8-6-12(16)18-3/h4-5,7H,6,8-10H2,1-3H3. The molecule has 0 radical (unpaired) electrons. The molecule has 0 saturated heterocycles. The average molecular weight is 252 g/mol. The number of anilines is 1. The van der Waals surface area contributed by atoms with Crippen molar-refractivity contribution in [3.63, 3.8) is 0 Å². The molecule has 0 amide bonds. The highest BCUT2D eigenvalue weighted by molar-refractivity contribution is 5.70. The van der Waals surface area contributed by atoms with Crippen LogP contribution in [0.2, 0.25) is 0 Å². The Labute approximate surface area is 108 Å². The second-order valence-electron chi connectivity index (χ2n) is 3.95. The Hall–Kier alpha value is -1.62. The van der Waals surface area contributed by atoms with E-state index in [0.29, 0.717) is 26.1 Å². The summed E-state index contributed by atoms with van der Waals surface area (Å²) in [5, 5.41) is 0. The van der Waals surface area contributed by atoms with Crippen LogP contribution in [0, 0.1) is 6.92 Å². The van der Waals surface area contributed by atoms with E-state index < -0.39 is 0 Å². The van der Waals surface area contributed by atoms with Gasteiger partial charge in [0.1, 0.15) is 5.82 Å². The van der Waals surface area contributed by atoms with Crippen molar-refractivity contribution < 1.29 is 14.3 Å². The Balaban J connectivity index is 2.71. The van der Waals surface area contributed by atoms with Crippen LogP contribution < -0.4 is 4.90 Å². The molecule has 0 bridgehead atoms. The zero-order valence-electron chi connectivity index (χ0n) is 11.2. The number of aromatic nitrogens is 1. The number of aryl methyl sites for hydroxylation is 1. The molecular weight excluding hydrogens is 232 g/mol. The van der Waals surface area contributed by atoms with Crippen LogP contribution in [0.25, 0.3) is 0 Å². The van der Waals surface area contributed by atoms with Crippen molar-refractivity contribution >= 4 is 11.8 Å². The summed E-state index contributed by atoms with van der Waals surface area (Å²) in [6.07, 6.45) is 2.09. The van der Waals surface area contributed by atoms with E-state index in [-0.39, 0.29) is 5.97 Å². The molecule has 18 heavy (non-hydrogen) atoms. The van der Waals surface area contributed by atoms with Crippen molar-refractivity contribution in [3.05, 3.63) is 23.9 Å². The zero-order valence-corrected chi connectivity index (χ0v) is 11.2. The molecule has 0 aliphatic rings. The number of rotatable bonds is 7. The molecule has 0 atom stereocenters. The van der Waals surface area contributed by atoms with Gasteiger partial charge in [-0.25, -0.2) is 4.98 Å². The van der Waals surface area contributed by atoms with Gasteiger partial charge in [0, 0.05) is 26.4 Å². The van der Waals surface area contributed by atoms with E-state index in [1.807, 2.05) is 24.0 Å². The third-order valence-corrected chi connectivity index (χ3v) is 2.66. The molecule has 0 fully saturated rings. The maximum Gasteiger partial charge on any atom is 0.307 e. The van der Waals surface area contributed by atoms with Gasteiger partial charge >= 0.3 is 5.97 Å². The summed E-state index contributed by atoms with van der Waals surface area (Å²) in [5.41, 5.74) is 1.08. The van der Waals surface area contributed by atoms with Gasteiger partial charge < -0.3 is 14.4 Å². The number of pyridine rings is 1. The lowest BCUT2D eigenvalue weighted by molar-refractivity contribution is -0.140. The van der Waals surface area contributed by atoms with Crippen LogP contribution in [0.5, 0.6) is 0 Å². The third-order valence-electron chi connectivity index (χ3n) is 2.66. The summed E-state index contributed by atoms with van der Waals surface area (Å²) < 4.78 is 9.74. The fourth-order valence-electron chi connectivity index (χ4n) is 1.66. The van der Waals surface area contributed by atoms with E-state index in [1.54, 1.807) is 13.3 Å². The number of esters is 1. The van der Waals surface area contributed by atoms with E-state index >= 15 is 0 Å². The Morgan fingerprint density at radius 1 is 1.39 bits per heavy atom. The van der Waals surface area contributed by atoms with Gasteiger partial charge in [0.05, 0.1) is 20.1 Å². The number of hydrogen-bond donors (Lipinski definition) is 0. The van der Waals surface area contributed by atoms with Crippen LogP contribution in [0.1, 0.15) is 12.0 Å². The number of carbonyl (C=O) groups excluding carboxylic acids is 1. The van der Waals surface area contributed by atoms with Crippen LogP contribution in [0.3, 0.4) is 0 Å². The van der Waals surface area contributed by atoms with Crippen molar-refractivity contribution in [3.8, 4) is 0 Å². The SMILES string of the molecule is COCCN(CCC(=O)OC)c1ncccc1C. The van der Waals surface area contributed by atoms with E-state index in [2.05, 4.69) is 9.72 Å². The summed E-state index contributed by atoms with van der Waals surface area (Å²) in [7, 11) is 3.05. The molecule has 1 aromatic rings. The zero-order chi connectivity index (χ0) is 13.4. The first-order chi connectivity index (χ1) is 8.69. The second-order valence-corrected chi connectivity index (χ2v) is 3.95. The number of ether oxygens (including phenoxy) is 2. The number of hydrogen-bond acceptors (Lipinski definition) is 5. The molecule has 0 saturated carbocycles. The highest BCUT2D eigenvalue weighted by Crippen LogP contribution is 2.16. The Bertz CT molecular complexity index is 382. The molecule has 0 aliphatic carbocycles. The molecule has 5 heteroatoms. The van der Waals surface area contributed by atoms with Crippen LogP contribution in [0.4, 0.5) is 5.82 Å². The summed E-state index contributed by atoms with van der Waals surface area (Å²) >= 11 is 0. The van der Waals surface area contributed by atoms with Gasteiger partial charge in [-0.05, 0) is 18.6 Å². The maximum absolute atomic E-state index is 11.2. The lowest BCUT2D eigenvalue weighted by Crippen LogP contribution is -2.31. The van der Waals surface area contributed by atoms with E-state index in [9.17, 15) is 4.79 Å². The monoisotopic (exact) mass is 252 g/mol.